The number of aromatic nitrogens is 3. The highest BCUT2D eigenvalue weighted by Gasteiger charge is 2.45. The van der Waals surface area contributed by atoms with Gasteiger partial charge in [-0.15, -0.1) is 0 Å². The number of benzene rings is 3. The summed E-state index contributed by atoms with van der Waals surface area (Å²) in [5, 5.41) is 3.91. The Labute approximate surface area is 187 Å². The van der Waals surface area contributed by atoms with Gasteiger partial charge < -0.3 is 15.0 Å². The van der Waals surface area contributed by atoms with Crippen molar-refractivity contribution in [1.82, 2.24) is 15.0 Å². The van der Waals surface area contributed by atoms with Crippen LogP contribution in [0, 0.1) is 0 Å². The third kappa shape index (κ3) is 2.34. The summed E-state index contributed by atoms with van der Waals surface area (Å²) in [5.41, 5.74) is 9.01. The molecule has 3 aromatic carbocycles. The van der Waals surface area contributed by atoms with Gasteiger partial charge in [0.15, 0.2) is 0 Å². The van der Waals surface area contributed by atoms with E-state index in [-0.39, 0.29) is 16.7 Å². The average Bonchev–Trinajstić information content (AvgIpc) is 3.55. The number of para-hydroxylation sites is 3. The molecule has 0 fully saturated rings. The zero-order valence-corrected chi connectivity index (χ0v) is 18.3. The highest BCUT2D eigenvalue weighted by Crippen LogP contribution is 2.55. The smallest absolute Gasteiger partial charge is 0.0459 e. The largest absolute Gasteiger partial charge is 0.361 e. The SMILES string of the molecule is BrC1[C@H](c2c[nH]c3ccccc23)c2c([nH]c3ccccc23)[C@H]1c1c[nH]c2ccccc12. The molecular formula is C27H20BrN3. The van der Waals surface area contributed by atoms with E-state index in [9.17, 15) is 0 Å². The Balaban J connectivity index is 1.53. The Kier molecular flexibility index (Phi) is 3.59. The van der Waals surface area contributed by atoms with Crippen molar-refractivity contribution in [2.24, 2.45) is 0 Å². The minimum absolute atomic E-state index is 0.234. The van der Waals surface area contributed by atoms with Crippen molar-refractivity contribution in [3.8, 4) is 0 Å². The van der Waals surface area contributed by atoms with Crippen LogP contribution in [0.1, 0.15) is 34.2 Å². The molecule has 0 saturated carbocycles. The first-order valence-corrected chi connectivity index (χ1v) is 11.6. The molecule has 7 rings (SSSR count). The normalized spacial score (nSPS) is 20.7. The molecule has 3 nitrogen and oxygen atoms in total. The molecule has 150 valence electrons. The second-order valence-electron chi connectivity index (χ2n) is 8.48. The molecule has 1 aliphatic carbocycles. The Morgan fingerprint density at radius 3 is 1.74 bits per heavy atom. The summed E-state index contributed by atoms with van der Waals surface area (Å²) in [6.07, 6.45) is 4.39. The lowest BCUT2D eigenvalue weighted by atomic mass is 9.89. The topological polar surface area (TPSA) is 47.4 Å². The number of alkyl halides is 1. The second-order valence-corrected chi connectivity index (χ2v) is 9.53. The number of aromatic amines is 3. The standard InChI is InChI=1S/C27H20BrN3/c28-26-23(18-13-29-20-10-4-1-7-15(18)20)24-17-9-3-6-12-22(17)31-27(24)25(26)19-14-30-21-11-5-2-8-16(19)21/h1-14,23,25-26,29-31H/t23-,25+,26?/m1/s1. The number of hydrogen-bond donors (Lipinski definition) is 3. The minimum Gasteiger partial charge on any atom is -0.361 e. The van der Waals surface area contributed by atoms with Crippen LogP contribution in [-0.2, 0) is 0 Å². The fourth-order valence-corrected chi connectivity index (χ4v) is 6.73. The van der Waals surface area contributed by atoms with Gasteiger partial charge in [0, 0.05) is 67.5 Å². The second kappa shape index (κ2) is 6.38. The molecule has 1 aliphatic rings. The van der Waals surface area contributed by atoms with Crippen LogP contribution in [0.2, 0.25) is 0 Å². The maximum Gasteiger partial charge on any atom is 0.0459 e. The summed E-state index contributed by atoms with van der Waals surface area (Å²) < 4.78 is 0. The van der Waals surface area contributed by atoms with E-state index in [0.29, 0.717) is 0 Å². The lowest BCUT2D eigenvalue weighted by Crippen LogP contribution is -2.14. The molecule has 0 amide bonds. The van der Waals surface area contributed by atoms with Gasteiger partial charge in [-0.1, -0.05) is 70.5 Å². The van der Waals surface area contributed by atoms with Crippen LogP contribution in [0.4, 0.5) is 0 Å². The van der Waals surface area contributed by atoms with E-state index in [1.54, 1.807) is 0 Å². The van der Waals surface area contributed by atoms with Crippen LogP contribution in [0.25, 0.3) is 32.7 Å². The van der Waals surface area contributed by atoms with Crippen molar-refractivity contribution >= 4 is 48.6 Å². The summed E-state index contributed by atoms with van der Waals surface area (Å²) in [7, 11) is 0. The van der Waals surface area contributed by atoms with E-state index in [4.69, 9.17) is 0 Å². The van der Waals surface area contributed by atoms with Crippen molar-refractivity contribution in [2.75, 3.05) is 0 Å². The molecular weight excluding hydrogens is 446 g/mol. The summed E-state index contributed by atoms with van der Waals surface area (Å²) in [6, 6.07) is 25.9. The van der Waals surface area contributed by atoms with Crippen molar-refractivity contribution in [3.05, 3.63) is 108 Å². The Morgan fingerprint density at radius 1 is 0.581 bits per heavy atom. The maximum atomic E-state index is 4.18. The molecule has 0 saturated heterocycles. The molecule has 3 heterocycles. The first-order valence-electron chi connectivity index (χ1n) is 10.7. The van der Waals surface area contributed by atoms with Crippen LogP contribution in [0.3, 0.4) is 0 Å². The molecule has 0 spiro atoms. The molecule has 3 atom stereocenters. The van der Waals surface area contributed by atoms with Crippen molar-refractivity contribution in [3.63, 3.8) is 0 Å². The van der Waals surface area contributed by atoms with Crippen molar-refractivity contribution < 1.29 is 0 Å². The molecule has 0 aliphatic heterocycles. The van der Waals surface area contributed by atoms with E-state index in [0.717, 1.165) is 0 Å². The number of hydrogen-bond acceptors (Lipinski definition) is 0. The van der Waals surface area contributed by atoms with Crippen LogP contribution in [-0.4, -0.2) is 19.8 Å². The summed E-state index contributed by atoms with van der Waals surface area (Å²) in [6.45, 7) is 0. The summed E-state index contributed by atoms with van der Waals surface area (Å²) in [4.78, 5) is 11.0. The molecule has 4 heteroatoms. The predicted molar refractivity (Wildman–Crippen MR) is 131 cm³/mol. The van der Waals surface area contributed by atoms with Crippen molar-refractivity contribution in [2.45, 2.75) is 16.7 Å². The molecule has 0 bridgehead atoms. The van der Waals surface area contributed by atoms with Gasteiger partial charge >= 0.3 is 0 Å². The number of nitrogens with one attached hydrogen (secondary N) is 3. The molecule has 3 aromatic heterocycles. The van der Waals surface area contributed by atoms with E-state index in [1.165, 1.54) is 55.1 Å². The van der Waals surface area contributed by atoms with E-state index >= 15 is 0 Å². The van der Waals surface area contributed by atoms with Gasteiger partial charge in [0.05, 0.1) is 0 Å². The van der Waals surface area contributed by atoms with Crippen LogP contribution in [0.5, 0.6) is 0 Å². The Hall–Kier alpha value is -3.24. The summed E-state index contributed by atoms with van der Waals surface area (Å²) >= 11 is 4.18. The Morgan fingerprint density at radius 2 is 1.10 bits per heavy atom. The zero-order chi connectivity index (χ0) is 20.5. The number of halogens is 1. The molecule has 0 radical (unpaired) electrons. The first-order chi connectivity index (χ1) is 15.3. The molecule has 3 N–H and O–H groups in total. The van der Waals surface area contributed by atoms with Crippen LogP contribution in [0.15, 0.2) is 85.2 Å². The van der Waals surface area contributed by atoms with Gasteiger partial charge in [-0.25, -0.2) is 0 Å². The van der Waals surface area contributed by atoms with E-state index in [1.807, 2.05) is 0 Å². The fraction of sp³-hybridized carbons (Fsp3) is 0.111. The third-order valence-corrected chi connectivity index (χ3v) is 8.01. The van der Waals surface area contributed by atoms with Gasteiger partial charge in [-0.05, 0) is 34.9 Å². The minimum atomic E-state index is 0.234. The van der Waals surface area contributed by atoms with Gasteiger partial charge in [0.1, 0.15) is 0 Å². The van der Waals surface area contributed by atoms with Crippen molar-refractivity contribution in [1.29, 1.82) is 0 Å². The lowest BCUT2D eigenvalue weighted by Gasteiger charge is -2.21. The number of rotatable bonds is 2. The van der Waals surface area contributed by atoms with Gasteiger partial charge in [-0.2, -0.15) is 0 Å². The highest BCUT2D eigenvalue weighted by molar-refractivity contribution is 9.09. The lowest BCUT2D eigenvalue weighted by molar-refractivity contribution is 0.747. The average molecular weight is 466 g/mol. The first kappa shape index (κ1) is 17.4. The van der Waals surface area contributed by atoms with Crippen LogP contribution >= 0.6 is 15.9 Å². The Bertz CT molecular complexity index is 1580. The monoisotopic (exact) mass is 465 g/mol. The highest BCUT2D eigenvalue weighted by atomic mass is 79.9. The van der Waals surface area contributed by atoms with Gasteiger partial charge in [0.2, 0.25) is 0 Å². The zero-order valence-electron chi connectivity index (χ0n) is 16.7. The molecule has 6 aromatic rings. The fourth-order valence-electron chi connectivity index (χ4n) is 5.63. The van der Waals surface area contributed by atoms with E-state index < -0.39 is 0 Å². The third-order valence-electron chi connectivity index (χ3n) is 6.95. The number of fused-ring (bicyclic) bond motifs is 5. The van der Waals surface area contributed by atoms with E-state index in [2.05, 4.69) is 116 Å². The van der Waals surface area contributed by atoms with Gasteiger partial charge in [-0.3, -0.25) is 0 Å². The predicted octanol–water partition coefficient (Wildman–Crippen LogP) is 7.17. The van der Waals surface area contributed by atoms with Gasteiger partial charge in [0.25, 0.3) is 0 Å². The molecule has 31 heavy (non-hydrogen) atoms. The summed E-state index contributed by atoms with van der Waals surface area (Å²) in [5.74, 6) is 0.484. The maximum absolute atomic E-state index is 4.18. The number of H-pyrrole nitrogens is 3. The quantitative estimate of drug-likeness (QED) is 0.227. The molecule has 1 unspecified atom stereocenters. The van der Waals surface area contributed by atoms with Crippen LogP contribution < -0.4 is 0 Å².